The fourth-order valence-electron chi connectivity index (χ4n) is 1.45. The van der Waals surface area contributed by atoms with Gasteiger partial charge < -0.3 is 5.32 Å². The van der Waals surface area contributed by atoms with Gasteiger partial charge >= 0.3 is 0 Å². The van der Waals surface area contributed by atoms with Gasteiger partial charge in [-0.05, 0) is 0 Å². The normalized spacial score (nSPS) is 16.6. The van der Waals surface area contributed by atoms with Gasteiger partial charge in [-0.15, -0.1) is 36.2 Å². The van der Waals surface area contributed by atoms with E-state index < -0.39 is 0 Å². The van der Waals surface area contributed by atoms with Crippen LogP contribution in [0.2, 0.25) is 4.47 Å². The Hall–Kier alpha value is 0.420. The van der Waals surface area contributed by atoms with Crippen LogP contribution in [0.5, 0.6) is 0 Å². The average Bonchev–Trinajstić information content (AvgIpc) is 2.53. The van der Waals surface area contributed by atoms with Crippen molar-refractivity contribution in [3.8, 4) is 0 Å². The van der Waals surface area contributed by atoms with Crippen molar-refractivity contribution < 1.29 is 0 Å². The second-order valence-electron chi connectivity index (χ2n) is 3.11. The van der Waals surface area contributed by atoms with E-state index in [2.05, 4.69) is 15.2 Å². The average molecular weight is 291 g/mol. The van der Waals surface area contributed by atoms with Gasteiger partial charge in [0.15, 0.2) is 4.47 Å². The highest BCUT2D eigenvalue weighted by atomic mass is 35.5. The van der Waals surface area contributed by atoms with Crippen LogP contribution in [0.3, 0.4) is 0 Å². The van der Waals surface area contributed by atoms with Crippen LogP contribution in [0, 0.1) is 0 Å². The number of hydrogen-bond donors (Lipinski definition) is 1. The van der Waals surface area contributed by atoms with E-state index >= 15 is 0 Å². The summed E-state index contributed by atoms with van der Waals surface area (Å²) in [5, 5.41) is 3.33. The molecule has 15 heavy (non-hydrogen) atoms. The minimum Gasteiger partial charge on any atom is -0.314 e. The van der Waals surface area contributed by atoms with Gasteiger partial charge in [0.1, 0.15) is 0 Å². The van der Waals surface area contributed by atoms with E-state index in [0.29, 0.717) is 4.47 Å². The number of halogens is 3. The maximum Gasteiger partial charge on any atom is 0.183 e. The molecule has 0 radical (unpaired) electrons. The third-order valence-corrected chi connectivity index (χ3v) is 3.21. The first-order valence-corrected chi connectivity index (χ1v) is 5.57. The Morgan fingerprint density at radius 3 is 2.60 bits per heavy atom. The first-order chi connectivity index (χ1) is 6.34. The largest absolute Gasteiger partial charge is 0.314 e. The van der Waals surface area contributed by atoms with Gasteiger partial charge in [0.2, 0.25) is 0 Å². The van der Waals surface area contributed by atoms with E-state index in [4.69, 9.17) is 11.6 Å². The van der Waals surface area contributed by atoms with Crippen molar-refractivity contribution >= 4 is 47.8 Å². The third kappa shape index (κ3) is 4.85. The fourth-order valence-corrected chi connectivity index (χ4v) is 2.47. The minimum atomic E-state index is 0. The molecule has 0 amide bonds. The molecule has 1 aromatic rings. The Balaban J connectivity index is 0.000000980. The van der Waals surface area contributed by atoms with E-state index in [9.17, 15) is 0 Å². The van der Waals surface area contributed by atoms with Crippen molar-refractivity contribution in [3.05, 3.63) is 15.5 Å². The second kappa shape index (κ2) is 7.65. The van der Waals surface area contributed by atoms with Crippen LogP contribution in [0.4, 0.5) is 0 Å². The molecule has 0 bridgehead atoms. The molecule has 1 saturated heterocycles. The third-order valence-electron chi connectivity index (χ3n) is 2.11. The van der Waals surface area contributed by atoms with Crippen LogP contribution >= 0.6 is 47.8 Å². The summed E-state index contributed by atoms with van der Waals surface area (Å²) in [5.41, 5.74) is 0. The molecule has 2 rings (SSSR count). The highest BCUT2D eigenvalue weighted by molar-refractivity contribution is 7.15. The topological polar surface area (TPSA) is 28.2 Å². The number of thiazole rings is 1. The first-order valence-electron chi connectivity index (χ1n) is 4.38. The molecule has 1 N–H and O–H groups in total. The molecule has 1 fully saturated rings. The summed E-state index contributed by atoms with van der Waals surface area (Å²) in [6, 6.07) is 0. The lowest BCUT2D eigenvalue weighted by molar-refractivity contribution is 0.235. The maximum atomic E-state index is 5.75. The summed E-state index contributed by atoms with van der Waals surface area (Å²) < 4.78 is 0.644. The molecule has 0 spiro atoms. The summed E-state index contributed by atoms with van der Waals surface area (Å²) in [7, 11) is 0. The Bertz CT molecular complexity index is 276. The summed E-state index contributed by atoms with van der Waals surface area (Å²) in [6.45, 7) is 5.41. The Labute approximate surface area is 111 Å². The van der Waals surface area contributed by atoms with Crippen molar-refractivity contribution in [2.75, 3.05) is 26.2 Å². The molecule has 7 heteroatoms. The van der Waals surface area contributed by atoms with Crippen LogP contribution in [0.25, 0.3) is 0 Å². The smallest absolute Gasteiger partial charge is 0.183 e. The number of piperazine rings is 1. The lowest BCUT2D eigenvalue weighted by Gasteiger charge is -2.26. The van der Waals surface area contributed by atoms with E-state index in [-0.39, 0.29) is 24.8 Å². The van der Waals surface area contributed by atoms with Crippen LogP contribution in [-0.4, -0.2) is 36.1 Å². The number of rotatable bonds is 2. The van der Waals surface area contributed by atoms with Gasteiger partial charge in [0.25, 0.3) is 0 Å². The zero-order valence-corrected chi connectivity index (χ0v) is 11.3. The van der Waals surface area contributed by atoms with Crippen molar-refractivity contribution in [2.24, 2.45) is 0 Å². The second-order valence-corrected chi connectivity index (χ2v) is 4.80. The summed E-state index contributed by atoms with van der Waals surface area (Å²) >= 11 is 7.33. The molecular weight excluding hydrogens is 277 g/mol. The molecule has 3 nitrogen and oxygen atoms in total. The zero-order valence-electron chi connectivity index (χ0n) is 8.11. The quantitative estimate of drug-likeness (QED) is 0.903. The highest BCUT2D eigenvalue weighted by Gasteiger charge is 2.10. The molecule has 1 aliphatic rings. The van der Waals surface area contributed by atoms with Crippen molar-refractivity contribution in [3.63, 3.8) is 0 Å². The van der Waals surface area contributed by atoms with Gasteiger partial charge in [-0.25, -0.2) is 4.98 Å². The number of aromatic nitrogens is 1. The summed E-state index contributed by atoms with van der Waals surface area (Å²) in [6.07, 6.45) is 1.87. The van der Waals surface area contributed by atoms with E-state index in [0.717, 1.165) is 32.7 Å². The summed E-state index contributed by atoms with van der Waals surface area (Å²) in [4.78, 5) is 7.70. The number of hydrogen-bond acceptors (Lipinski definition) is 4. The van der Waals surface area contributed by atoms with Crippen molar-refractivity contribution in [1.29, 1.82) is 0 Å². The van der Waals surface area contributed by atoms with E-state index in [1.807, 2.05) is 6.20 Å². The van der Waals surface area contributed by atoms with Crippen LogP contribution in [0.15, 0.2) is 6.20 Å². The van der Waals surface area contributed by atoms with Gasteiger partial charge in [0.05, 0.1) is 0 Å². The van der Waals surface area contributed by atoms with Crippen LogP contribution < -0.4 is 5.32 Å². The predicted molar refractivity (Wildman–Crippen MR) is 69.8 cm³/mol. The molecule has 1 aromatic heterocycles. The van der Waals surface area contributed by atoms with Crippen LogP contribution in [-0.2, 0) is 6.54 Å². The Morgan fingerprint density at radius 1 is 1.40 bits per heavy atom. The number of nitrogens with zero attached hydrogens (tertiary/aromatic N) is 2. The van der Waals surface area contributed by atoms with Gasteiger partial charge in [0, 0.05) is 43.8 Å². The SMILES string of the molecule is Cl.Cl.Clc1ncc(CN2CCNCC2)s1. The van der Waals surface area contributed by atoms with E-state index in [1.165, 1.54) is 4.88 Å². The zero-order chi connectivity index (χ0) is 9.10. The Kier molecular flexibility index (Phi) is 7.87. The Morgan fingerprint density at radius 2 is 2.07 bits per heavy atom. The van der Waals surface area contributed by atoms with Gasteiger partial charge in [-0.1, -0.05) is 11.6 Å². The number of nitrogens with one attached hydrogen (secondary N) is 1. The fraction of sp³-hybridized carbons (Fsp3) is 0.625. The monoisotopic (exact) mass is 289 g/mol. The molecule has 0 atom stereocenters. The molecular formula is C8H14Cl3N3S. The molecule has 1 aliphatic heterocycles. The molecule has 88 valence electrons. The molecule has 0 aromatic carbocycles. The minimum absolute atomic E-state index is 0. The summed E-state index contributed by atoms with van der Waals surface area (Å²) in [5.74, 6) is 0. The van der Waals surface area contributed by atoms with Crippen molar-refractivity contribution in [1.82, 2.24) is 15.2 Å². The van der Waals surface area contributed by atoms with Crippen molar-refractivity contribution in [2.45, 2.75) is 6.54 Å². The maximum absolute atomic E-state index is 5.75. The standard InChI is InChI=1S/C8H12ClN3S.2ClH/c9-8-11-5-7(13-8)6-12-3-1-10-2-4-12;;/h5,10H,1-4,6H2;2*1H. The van der Waals surface area contributed by atoms with E-state index in [1.54, 1.807) is 11.3 Å². The predicted octanol–water partition coefficient (Wildman–Crippen LogP) is 2.05. The van der Waals surface area contributed by atoms with Gasteiger partial charge in [-0.2, -0.15) is 0 Å². The van der Waals surface area contributed by atoms with Gasteiger partial charge in [-0.3, -0.25) is 4.90 Å². The molecule has 0 aliphatic carbocycles. The molecule has 2 heterocycles. The lowest BCUT2D eigenvalue weighted by Crippen LogP contribution is -2.42. The molecule has 0 unspecified atom stereocenters. The lowest BCUT2D eigenvalue weighted by atomic mass is 10.3. The van der Waals surface area contributed by atoms with Crippen LogP contribution in [0.1, 0.15) is 4.88 Å². The first kappa shape index (κ1) is 15.4. The highest BCUT2D eigenvalue weighted by Crippen LogP contribution is 2.19. The molecule has 0 saturated carbocycles.